The second-order valence-electron chi connectivity index (χ2n) is 7.09. The van der Waals surface area contributed by atoms with Crippen LogP contribution in [0.4, 0.5) is 10.1 Å². The summed E-state index contributed by atoms with van der Waals surface area (Å²) in [4.78, 5) is 21.4. The third-order valence-electron chi connectivity index (χ3n) is 5.30. The van der Waals surface area contributed by atoms with Crippen LogP contribution in [0.3, 0.4) is 0 Å². The summed E-state index contributed by atoms with van der Waals surface area (Å²) in [5.74, 6) is -0.244. The topological polar surface area (TPSA) is 65.2 Å². The van der Waals surface area contributed by atoms with Gasteiger partial charge in [0.05, 0.1) is 11.2 Å². The average Bonchev–Trinajstić information content (AvgIpc) is 2.73. The zero-order valence-electron chi connectivity index (χ0n) is 15.9. The van der Waals surface area contributed by atoms with Crippen molar-refractivity contribution < 1.29 is 4.39 Å². The fourth-order valence-corrected chi connectivity index (χ4v) is 3.90. The zero-order valence-corrected chi connectivity index (χ0v) is 16.7. The number of piperazine rings is 1. The van der Waals surface area contributed by atoms with Crippen molar-refractivity contribution in [2.75, 3.05) is 31.1 Å². The van der Waals surface area contributed by atoms with E-state index < -0.39 is 0 Å². The van der Waals surface area contributed by atoms with E-state index in [2.05, 4.69) is 16.0 Å². The van der Waals surface area contributed by atoms with Crippen LogP contribution < -0.4 is 10.5 Å². The van der Waals surface area contributed by atoms with Crippen LogP contribution in [0.15, 0.2) is 41.2 Å². The standard InChI is InChI=1S/C21H19ClFN5O/c1-26-17-6-7-18(22)25-19(17)20(16(12-24)21(26)29)28-10-8-27(9-11-28)13-14-2-4-15(23)5-3-14/h2-7H,8-11,13H2,1H3. The molecule has 1 aliphatic rings. The lowest BCUT2D eigenvalue weighted by Gasteiger charge is -2.36. The second kappa shape index (κ2) is 7.82. The maximum Gasteiger partial charge on any atom is 0.270 e. The molecule has 0 radical (unpaired) electrons. The van der Waals surface area contributed by atoms with Gasteiger partial charge in [-0.1, -0.05) is 23.7 Å². The van der Waals surface area contributed by atoms with E-state index >= 15 is 0 Å². The van der Waals surface area contributed by atoms with Crippen molar-refractivity contribution in [1.29, 1.82) is 5.26 Å². The van der Waals surface area contributed by atoms with Crippen LogP contribution in [-0.2, 0) is 13.6 Å². The summed E-state index contributed by atoms with van der Waals surface area (Å²) in [5, 5.41) is 9.98. The van der Waals surface area contributed by atoms with Gasteiger partial charge in [0.1, 0.15) is 28.1 Å². The van der Waals surface area contributed by atoms with Gasteiger partial charge >= 0.3 is 0 Å². The van der Waals surface area contributed by atoms with E-state index in [1.807, 2.05) is 4.90 Å². The van der Waals surface area contributed by atoms with E-state index in [1.165, 1.54) is 16.7 Å². The van der Waals surface area contributed by atoms with Gasteiger partial charge in [-0.3, -0.25) is 9.69 Å². The van der Waals surface area contributed by atoms with E-state index in [-0.39, 0.29) is 16.9 Å². The van der Waals surface area contributed by atoms with Crippen LogP contribution in [-0.4, -0.2) is 40.6 Å². The lowest BCUT2D eigenvalue weighted by molar-refractivity contribution is 0.250. The smallest absolute Gasteiger partial charge is 0.270 e. The van der Waals surface area contributed by atoms with Crippen molar-refractivity contribution in [3.8, 4) is 6.07 Å². The van der Waals surface area contributed by atoms with Crippen LogP contribution in [0.5, 0.6) is 0 Å². The lowest BCUT2D eigenvalue weighted by Crippen LogP contribution is -2.47. The lowest BCUT2D eigenvalue weighted by atomic mass is 10.1. The number of fused-ring (bicyclic) bond motifs is 1. The van der Waals surface area contributed by atoms with Gasteiger partial charge in [0, 0.05) is 39.8 Å². The van der Waals surface area contributed by atoms with Crippen LogP contribution in [0.2, 0.25) is 5.15 Å². The van der Waals surface area contributed by atoms with Gasteiger partial charge in [-0.25, -0.2) is 9.37 Å². The number of hydrogen-bond donors (Lipinski definition) is 0. The zero-order chi connectivity index (χ0) is 20.5. The molecule has 0 spiro atoms. The highest BCUT2D eigenvalue weighted by molar-refractivity contribution is 6.29. The number of nitriles is 1. The second-order valence-corrected chi connectivity index (χ2v) is 7.48. The molecular formula is C21H19ClFN5O. The maximum absolute atomic E-state index is 13.1. The number of pyridine rings is 2. The third kappa shape index (κ3) is 3.69. The highest BCUT2D eigenvalue weighted by Gasteiger charge is 2.25. The summed E-state index contributed by atoms with van der Waals surface area (Å²) in [6.07, 6.45) is 0. The van der Waals surface area contributed by atoms with Crippen LogP contribution in [0.25, 0.3) is 11.0 Å². The molecule has 0 N–H and O–H groups in total. The van der Waals surface area contributed by atoms with Gasteiger partial charge < -0.3 is 9.47 Å². The van der Waals surface area contributed by atoms with Crippen molar-refractivity contribution >= 4 is 28.3 Å². The van der Waals surface area contributed by atoms with E-state index in [0.717, 1.165) is 25.2 Å². The molecule has 0 unspecified atom stereocenters. The van der Waals surface area contributed by atoms with Crippen LogP contribution in [0, 0.1) is 17.1 Å². The number of aromatic nitrogens is 2. The molecule has 0 aliphatic carbocycles. The van der Waals surface area contributed by atoms with E-state index in [1.54, 1.807) is 31.3 Å². The van der Waals surface area contributed by atoms with Gasteiger partial charge in [0.2, 0.25) is 0 Å². The molecule has 148 valence electrons. The Balaban J connectivity index is 1.63. The van der Waals surface area contributed by atoms with E-state index in [0.29, 0.717) is 35.0 Å². The SMILES string of the molecule is Cn1c(=O)c(C#N)c(N2CCN(Cc3ccc(F)cc3)CC2)c2nc(Cl)ccc21. The van der Waals surface area contributed by atoms with Gasteiger partial charge in [0.25, 0.3) is 5.56 Å². The number of benzene rings is 1. The summed E-state index contributed by atoms with van der Waals surface area (Å²) >= 11 is 6.11. The minimum Gasteiger partial charge on any atom is -0.366 e. The van der Waals surface area contributed by atoms with Gasteiger partial charge in [-0.2, -0.15) is 5.26 Å². The van der Waals surface area contributed by atoms with Crippen molar-refractivity contribution in [3.05, 3.63) is 68.8 Å². The first kappa shape index (κ1) is 19.4. The van der Waals surface area contributed by atoms with Crippen LogP contribution in [0.1, 0.15) is 11.1 Å². The Morgan fingerprint density at radius 3 is 2.48 bits per heavy atom. The Bertz CT molecular complexity index is 1160. The Kier molecular flexibility index (Phi) is 5.22. The Morgan fingerprint density at radius 1 is 1.14 bits per heavy atom. The highest BCUT2D eigenvalue weighted by Crippen LogP contribution is 2.29. The van der Waals surface area contributed by atoms with Crippen molar-refractivity contribution in [1.82, 2.24) is 14.5 Å². The number of hydrogen-bond acceptors (Lipinski definition) is 5. The molecule has 3 heterocycles. The van der Waals surface area contributed by atoms with Crippen molar-refractivity contribution in [3.63, 3.8) is 0 Å². The fourth-order valence-electron chi connectivity index (χ4n) is 3.76. The molecule has 0 atom stereocenters. The molecule has 0 bridgehead atoms. The molecule has 1 saturated heterocycles. The largest absolute Gasteiger partial charge is 0.366 e. The number of nitrogens with zero attached hydrogens (tertiary/aromatic N) is 5. The minimum absolute atomic E-state index is 0.0850. The number of anilines is 1. The molecule has 1 aromatic carbocycles. The molecule has 29 heavy (non-hydrogen) atoms. The third-order valence-corrected chi connectivity index (χ3v) is 5.51. The fraction of sp³-hybridized carbons (Fsp3) is 0.286. The first-order valence-corrected chi connectivity index (χ1v) is 9.67. The Morgan fingerprint density at radius 2 is 1.83 bits per heavy atom. The van der Waals surface area contributed by atoms with Gasteiger partial charge in [0.15, 0.2) is 0 Å². The van der Waals surface area contributed by atoms with Crippen molar-refractivity contribution in [2.45, 2.75) is 6.54 Å². The summed E-state index contributed by atoms with van der Waals surface area (Å²) in [5.41, 5.74) is 2.54. The van der Waals surface area contributed by atoms with Gasteiger partial charge in [-0.05, 0) is 29.8 Å². The Labute approximate surface area is 172 Å². The summed E-state index contributed by atoms with van der Waals surface area (Å²) in [6, 6.07) is 12.0. The quantitative estimate of drug-likeness (QED) is 0.620. The van der Waals surface area contributed by atoms with Crippen LogP contribution >= 0.6 is 11.6 Å². The first-order valence-electron chi connectivity index (χ1n) is 9.29. The molecule has 0 saturated carbocycles. The molecule has 0 amide bonds. The monoisotopic (exact) mass is 411 g/mol. The number of rotatable bonds is 3. The molecule has 1 fully saturated rings. The average molecular weight is 412 g/mol. The molecule has 3 aromatic rings. The minimum atomic E-state index is -0.340. The Hall–Kier alpha value is -2.95. The molecule has 8 heteroatoms. The summed E-state index contributed by atoms with van der Waals surface area (Å²) in [6.45, 7) is 3.51. The first-order chi connectivity index (χ1) is 14.0. The summed E-state index contributed by atoms with van der Waals surface area (Å²) in [7, 11) is 1.63. The normalized spacial score (nSPS) is 14.9. The molecule has 6 nitrogen and oxygen atoms in total. The number of aryl methyl sites for hydroxylation is 1. The van der Waals surface area contributed by atoms with Crippen molar-refractivity contribution in [2.24, 2.45) is 7.05 Å². The van der Waals surface area contributed by atoms with E-state index in [9.17, 15) is 14.4 Å². The number of halogens is 2. The molecule has 4 rings (SSSR count). The molecular weight excluding hydrogens is 393 g/mol. The molecule has 1 aliphatic heterocycles. The predicted octanol–water partition coefficient (Wildman–Crippen LogP) is 2.92. The van der Waals surface area contributed by atoms with E-state index in [4.69, 9.17) is 11.6 Å². The molecule has 2 aromatic heterocycles. The maximum atomic E-state index is 13.1. The highest BCUT2D eigenvalue weighted by atomic mass is 35.5. The van der Waals surface area contributed by atoms with Gasteiger partial charge in [-0.15, -0.1) is 0 Å². The predicted molar refractivity (Wildman–Crippen MR) is 111 cm³/mol. The summed E-state index contributed by atoms with van der Waals surface area (Å²) < 4.78 is 14.5.